The molecule has 0 aliphatic heterocycles. The highest BCUT2D eigenvalue weighted by molar-refractivity contribution is 9.10. The molecule has 33 heavy (non-hydrogen) atoms. The number of rotatable bonds is 9. The van der Waals surface area contributed by atoms with Crippen LogP contribution in [-0.2, 0) is 26.2 Å². The van der Waals surface area contributed by atoms with Gasteiger partial charge in [-0.2, -0.15) is 0 Å². The van der Waals surface area contributed by atoms with Crippen molar-refractivity contribution in [1.29, 1.82) is 0 Å². The van der Waals surface area contributed by atoms with Crippen LogP contribution in [-0.4, -0.2) is 50.0 Å². The molecule has 0 aliphatic carbocycles. The second-order valence-electron chi connectivity index (χ2n) is 7.88. The number of sulfonamides is 1. The van der Waals surface area contributed by atoms with Crippen LogP contribution in [0.2, 0.25) is 10.0 Å². The topological polar surface area (TPSA) is 86.8 Å². The second kappa shape index (κ2) is 11.6. The molecule has 7 nitrogen and oxygen atoms in total. The zero-order valence-corrected chi connectivity index (χ0v) is 22.6. The summed E-state index contributed by atoms with van der Waals surface area (Å²) in [5.74, 6) is -0.891. The van der Waals surface area contributed by atoms with Crippen molar-refractivity contribution in [3.05, 3.63) is 62.5 Å². The van der Waals surface area contributed by atoms with Gasteiger partial charge >= 0.3 is 0 Å². The van der Waals surface area contributed by atoms with Crippen molar-refractivity contribution >= 4 is 66.7 Å². The summed E-state index contributed by atoms with van der Waals surface area (Å²) in [5.41, 5.74) is 0.943. The molecule has 2 rings (SSSR count). The number of nitrogens with one attached hydrogen (secondary N) is 1. The van der Waals surface area contributed by atoms with Gasteiger partial charge in [-0.15, -0.1) is 0 Å². The zero-order valence-electron chi connectivity index (χ0n) is 18.7. The number of hydrogen-bond donors (Lipinski definition) is 1. The number of benzene rings is 2. The number of nitrogens with zero attached hydrogens (tertiary/aromatic N) is 2. The highest BCUT2D eigenvalue weighted by atomic mass is 79.9. The van der Waals surface area contributed by atoms with Crippen molar-refractivity contribution in [1.82, 2.24) is 10.2 Å². The summed E-state index contributed by atoms with van der Waals surface area (Å²) in [6.45, 7) is 4.84. The lowest BCUT2D eigenvalue weighted by Crippen LogP contribution is -2.52. The third-order valence-corrected chi connectivity index (χ3v) is 6.78. The number of amides is 2. The predicted octanol–water partition coefficient (Wildman–Crippen LogP) is 4.46. The molecule has 0 spiro atoms. The molecule has 1 N–H and O–H groups in total. The lowest BCUT2D eigenvalue weighted by atomic mass is 10.1. The van der Waals surface area contributed by atoms with Gasteiger partial charge in [0.05, 0.1) is 11.9 Å². The Morgan fingerprint density at radius 2 is 1.58 bits per heavy atom. The van der Waals surface area contributed by atoms with Crippen LogP contribution in [0.5, 0.6) is 0 Å². The van der Waals surface area contributed by atoms with Crippen molar-refractivity contribution in [3.8, 4) is 0 Å². The maximum absolute atomic E-state index is 13.4. The maximum atomic E-state index is 13.4. The molecule has 0 aliphatic rings. The van der Waals surface area contributed by atoms with Crippen LogP contribution in [0.4, 0.5) is 5.69 Å². The fraction of sp³-hybridized carbons (Fsp3) is 0.364. The Morgan fingerprint density at radius 3 is 2.06 bits per heavy atom. The van der Waals surface area contributed by atoms with E-state index in [0.29, 0.717) is 0 Å². The lowest BCUT2D eigenvalue weighted by Gasteiger charge is -2.32. The molecule has 0 saturated carbocycles. The van der Waals surface area contributed by atoms with E-state index in [4.69, 9.17) is 23.2 Å². The van der Waals surface area contributed by atoms with Crippen LogP contribution in [0.1, 0.15) is 26.3 Å². The SMILES string of the molecule is CC(C)NC(=O)C(C)N(Cc1ccc(Br)cc1)C(=O)CN(c1cc(Cl)cc(Cl)c1)S(C)(=O)=O. The smallest absolute Gasteiger partial charge is 0.244 e. The second-order valence-corrected chi connectivity index (χ2v) is 11.6. The summed E-state index contributed by atoms with van der Waals surface area (Å²) < 4.78 is 26.9. The van der Waals surface area contributed by atoms with Gasteiger partial charge < -0.3 is 10.2 Å². The monoisotopic (exact) mass is 577 g/mol. The van der Waals surface area contributed by atoms with Gasteiger partial charge in [0.15, 0.2) is 0 Å². The largest absolute Gasteiger partial charge is 0.352 e. The van der Waals surface area contributed by atoms with Gasteiger partial charge in [-0.25, -0.2) is 8.42 Å². The molecule has 11 heteroatoms. The molecule has 2 aromatic rings. The van der Waals surface area contributed by atoms with E-state index < -0.39 is 28.5 Å². The first kappa shape index (κ1) is 27.4. The molecule has 0 saturated heterocycles. The minimum absolute atomic E-state index is 0.118. The lowest BCUT2D eigenvalue weighted by molar-refractivity contribution is -0.139. The van der Waals surface area contributed by atoms with Gasteiger partial charge in [0.2, 0.25) is 21.8 Å². The van der Waals surface area contributed by atoms with E-state index in [1.54, 1.807) is 6.92 Å². The number of carbonyl (C=O) groups excluding carboxylic acids is 2. The van der Waals surface area contributed by atoms with E-state index in [-0.39, 0.29) is 34.2 Å². The summed E-state index contributed by atoms with van der Waals surface area (Å²) in [5, 5.41) is 3.26. The molecule has 1 unspecified atom stereocenters. The summed E-state index contributed by atoms with van der Waals surface area (Å²) in [7, 11) is -3.86. The van der Waals surface area contributed by atoms with E-state index >= 15 is 0 Å². The van der Waals surface area contributed by atoms with E-state index in [9.17, 15) is 18.0 Å². The molecule has 2 amide bonds. The van der Waals surface area contributed by atoms with Crippen molar-refractivity contribution in [2.75, 3.05) is 17.1 Å². The first-order valence-electron chi connectivity index (χ1n) is 10.1. The Balaban J connectivity index is 2.41. The minimum atomic E-state index is -3.86. The van der Waals surface area contributed by atoms with Gasteiger partial charge in [-0.1, -0.05) is 51.3 Å². The summed E-state index contributed by atoms with van der Waals surface area (Å²) in [4.78, 5) is 27.5. The number of halogens is 3. The summed E-state index contributed by atoms with van der Waals surface area (Å²) >= 11 is 15.5. The van der Waals surface area contributed by atoms with E-state index in [1.165, 1.54) is 23.1 Å². The average Bonchev–Trinajstić information content (AvgIpc) is 2.68. The normalized spacial score (nSPS) is 12.4. The number of anilines is 1. The Hall–Kier alpha value is -1.81. The van der Waals surface area contributed by atoms with Gasteiger partial charge in [0.25, 0.3) is 0 Å². The van der Waals surface area contributed by atoms with Crippen LogP contribution in [0.3, 0.4) is 0 Å². The number of hydrogen-bond acceptors (Lipinski definition) is 4. The average molecular weight is 579 g/mol. The molecule has 0 heterocycles. The molecule has 0 aromatic heterocycles. The Labute approximate surface area is 213 Å². The number of carbonyl (C=O) groups is 2. The van der Waals surface area contributed by atoms with Crippen LogP contribution in [0.15, 0.2) is 46.9 Å². The molecule has 2 aromatic carbocycles. The van der Waals surface area contributed by atoms with Gasteiger partial charge in [-0.3, -0.25) is 13.9 Å². The summed E-state index contributed by atoms with van der Waals surface area (Å²) in [6.07, 6.45) is 0.989. The van der Waals surface area contributed by atoms with Crippen molar-refractivity contribution < 1.29 is 18.0 Å². The molecule has 1 atom stereocenters. The van der Waals surface area contributed by atoms with Crippen molar-refractivity contribution in [3.63, 3.8) is 0 Å². The third kappa shape index (κ3) is 8.17. The van der Waals surface area contributed by atoms with Crippen molar-refractivity contribution in [2.24, 2.45) is 0 Å². The van der Waals surface area contributed by atoms with Crippen LogP contribution >= 0.6 is 39.1 Å². The molecule has 0 radical (unpaired) electrons. The van der Waals surface area contributed by atoms with Gasteiger partial charge in [0.1, 0.15) is 12.6 Å². The molecular weight excluding hydrogens is 553 g/mol. The Bertz CT molecular complexity index is 1090. The van der Waals surface area contributed by atoms with Crippen LogP contribution in [0.25, 0.3) is 0 Å². The first-order valence-corrected chi connectivity index (χ1v) is 13.5. The summed E-state index contributed by atoms with van der Waals surface area (Å²) in [6, 6.07) is 10.6. The first-order chi connectivity index (χ1) is 15.3. The standard InChI is InChI=1S/C22H26BrCl2N3O4S/c1-14(2)26-22(30)15(3)27(12-16-5-7-17(23)8-6-16)21(29)13-28(33(4,31)32)20-10-18(24)9-19(25)11-20/h5-11,14-15H,12-13H2,1-4H3,(H,26,30). The highest BCUT2D eigenvalue weighted by Gasteiger charge is 2.30. The van der Waals surface area contributed by atoms with Crippen molar-refractivity contribution in [2.45, 2.75) is 39.4 Å². The minimum Gasteiger partial charge on any atom is -0.352 e. The van der Waals surface area contributed by atoms with Gasteiger partial charge in [-0.05, 0) is 56.7 Å². The third-order valence-electron chi connectivity index (χ3n) is 4.68. The molecular formula is C22H26BrCl2N3O4S. The predicted molar refractivity (Wildman–Crippen MR) is 136 cm³/mol. The molecule has 0 bridgehead atoms. The van der Waals surface area contributed by atoms with E-state index in [0.717, 1.165) is 20.6 Å². The molecule has 0 fully saturated rings. The Morgan fingerprint density at radius 1 is 1.03 bits per heavy atom. The van der Waals surface area contributed by atoms with Crippen LogP contribution < -0.4 is 9.62 Å². The fourth-order valence-corrected chi connectivity index (χ4v) is 4.68. The highest BCUT2D eigenvalue weighted by Crippen LogP contribution is 2.27. The molecule has 180 valence electrons. The maximum Gasteiger partial charge on any atom is 0.244 e. The Kier molecular flexibility index (Phi) is 9.60. The van der Waals surface area contributed by atoms with Gasteiger partial charge in [0, 0.05) is 27.1 Å². The van der Waals surface area contributed by atoms with E-state index in [2.05, 4.69) is 21.2 Å². The quantitative estimate of drug-likeness (QED) is 0.476. The van der Waals surface area contributed by atoms with Crippen LogP contribution in [0, 0.1) is 0 Å². The van der Waals surface area contributed by atoms with E-state index in [1.807, 2.05) is 38.1 Å². The zero-order chi connectivity index (χ0) is 24.9. The fourth-order valence-electron chi connectivity index (χ4n) is 3.07.